The second-order valence-corrected chi connectivity index (χ2v) is 5.89. The zero-order chi connectivity index (χ0) is 18.4. The minimum absolute atomic E-state index is 0.0701. The summed E-state index contributed by atoms with van der Waals surface area (Å²) in [5.41, 5.74) is 1.45. The lowest BCUT2D eigenvalue weighted by Gasteiger charge is -2.16. The van der Waals surface area contributed by atoms with E-state index in [-0.39, 0.29) is 22.5 Å². The molecule has 0 aliphatic rings. The summed E-state index contributed by atoms with van der Waals surface area (Å²) in [5, 5.41) is 8.53. The van der Waals surface area contributed by atoms with E-state index in [1.165, 1.54) is 12.1 Å². The minimum Gasteiger partial charge on any atom is -0.374 e. The Morgan fingerprint density at radius 3 is 2.32 bits per heavy atom. The van der Waals surface area contributed by atoms with Gasteiger partial charge in [0, 0.05) is 22.8 Å². The molecule has 2 amide bonds. The van der Waals surface area contributed by atoms with Gasteiger partial charge in [-0.05, 0) is 49.4 Å². The molecule has 0 saturated carbocycles. The van der Waals surface area contributed by atoms with Gasteiger partial charge in [-0.25, -0.2) is 4.39 Å². The van der Waals surface area contributed by atoms with Crippen LogP contribution in [0.3, 0.4) is 0 Å². The molecule has 2 rings (SSSR count). The van der Waals surface area contributed by atoms with Gasteiger partial charge in [0.2, 0.25) is 11.8 Å². The third-order valence-electron chi connectivity index (χ3n) is 3.46. The van der Waals surface area contributed by atoms with Gasteiger partial charge in [0.15, 0.2) is 0 Å². The van der Waals surface area contributed by atoms with Crippen molar-refractivity contribution in [3.8, 4) is 0 Å². The summed E-state index contributed by atoms with van der Waals surface area (Å²) in [6, 6.07) is 10.4. The molecule has 3 N–H and O–H groups in total. The van der Waals surface area contributed by atoms with Crippen molar-refractivity contribution >= 4 is 40.5 Å². The fourth-order valence-electron chi connectivity index (χ4n) is 2.05. The Kier molecular flexibility index (Phi) is 6.36. The number of nitrogens with one attached hydrogen (secondary N) is 3. The van der Waals surface area contributed by atoms with Crippen LogP contribution in [0.15, 0.2) is 42.5 Å². The van der Waals surface area contributed by atoms with Crippen LogP contribution in [0.25, 0.3) is 0 Å². The first-order valence-corrected chi connectivity index (χ1v) is 8.19. The van der Waals surface area contributed by atoms with Gasteiger partial charge in [0.1, 0.15) is 11.9 Å². The third kappa shape index (κ3) is 5.46. The van der Waals surface area contributed by atoms with Crippen LogP contribution >= 0.6 is 11.6 Å². The van der Waals surface area contributed by atoms with Crippen LogP contribution in [0.4, 0.5) is 21.5 Å². The third-order valence-corrected chi connectivity index (χ3v) is 3.69. The largest absolute Gasteiger partial charge is 0.374 e. The highest BCUT2D eigenvalue weighted by Crippen LogP contribution is 2.20. The van der Waals surface area contributed by atoms with E-state index in [9.17, 15) is 14.0 Å². The Morgan fingerprint density at radius 1 is 1.08 bits per heavy atom. The zero-order valence-electron chi connectivity index (χ0n) is 13.9. The summed E-state index contributed by atoms with van der Waals surface area (Å²) in [4.78, 5) is 23.5. The highest BCUT2D eigenvalue weighted by Gasteiger charge is 2.15. The van der Waals surface area contributed by atoms with E-state index in [1.54, 1.807) is 38.1 Å². The van der Waals surface area contributed by atoms with Crippen LogP contribution in [-0.4, -0.2) is 17.9 Å². The van der Waals surface area contributed by atoms with Gasteiger partial charge in [-0.15, -0.1) is 0 Å². The van der Waals surface area contributed by atoms with Gasteiger partial charge in [-0.3, -0.25) is 9.59 Å². The summed E-state index contributed by atoms with van der Waals surface area (Å²) in [7, 11) is 0. The van der Waals surface area contributed by atoms with E-state index in [0.29, 0.717) is 17.8 Å². The van der Waals surface area contributed by atoms with Gasteiger partial charge < -0.3 is 16.0 Å². The van der Waals surface area contributed by atoms with E-state index in [0.717, 1.165) is 6.07 Å². The first-order chi connectivity index (χ1) is 11.9. The average Bonchev–Trinajstić information content (AvgIpc) is 2.58. The predicted octanol–water partition coefficient (Wildman–Crippen LogP) is 4.27. The molecule has 1 unspecified atom stereocenters. The van der Waals surface area contributed by atoms with E-state index in [2.05, 4.69) is 16.0 Å². The zero-order valence-corrected chi connectivity index (χ0v) is 14.7. The van der Waals surface area contributed by atoms with Crippen molar-refractivity contribution in [2.24, 2.45) is 0 Å². The summed E-state index contributed by atoms with van der Waals surface area (Å²) in [5.74, 6) is -1.05. The van der Waals surface area contributed by atoms with Gasteiger partial charge in [-0.1, -0.05) is 18.5 Å². The lowest BCUT2D eigenvalue weighted by atomic mass is 10.2. The number of benzene rings is 2. The van der Waals surface area contributed by atoms with E-state index >= 15 is 0 Å². The molecule has 0 saturated heterocycles. The standard InChI is InChI=1S/C18H19ClFN3O2/c1-3-17(24)22-14-7-5-13(6-8-14)21-11(2)18(25)23-16-9-4-12(19)10-15(16)20/h4-11,21H,3H2,1-2H3,(H,22,24)(H,23,25). The molecular weight excluding hydrogens is 345 g/mol. The molecule has 7 heteroatoms. The predicted molar refractivity (Wildman–Crippen MR) is 98.5 cm³/mol. The molecule has 132 valence electrons. The smallest absolute Gasteiger partial charge is 0.246 e. The normalized spacial score (nSPS) is 11.5. The maximum atomic E-state index is 13.7. The van der Waals surface area contributed by atoms with Crippen LogP contribution in [0, 0.1) is 5.82 Å². The molecule has 0 heterocycles. The summed E-state index contributed by atoms with van der Waals surface area (Å²) in [6.07, 6.45) is 0.401. The number of carbonyl (C=O) groups excluding carboxylic acids is 2. The van der Waals surface area contributed by atoms with Gasteiger partial charge in [-0.2, -0.15) is 0 Å². The molecule has 5 nitrogen and oxygen atoms in total. The van der Waals surface area contributed by atoms with Crippen LogP contribution in [0.1, 0.15) is 20.3 Å². The van der Waals surface area contributed by atoms with Crippen LogP contribution < -0.4 is 16.0 Å². The molecule has 0 aliphatic carbocycles. The average molecular weight is 364 g/mol. The van der Waals surface area contributed by atoms with Crippen molar-refractivity contribution in [1.82, 2.24) is 0 Å². The van der Waals surface area contributed by atoms with Gasteiger partial charge in [0.25, 0.3) is 0 Å². The lowest BCUT2D eigenvalue weighted by molar-refractivity contribution is -0.117. The molecular formula is C18H19ClFN3O2. The molecule has 0 aliphatic heterocycles. The summed E-state index contributed by atoms with van der Waals surface area (Å²) < 4.78 is 13.7. The molecule has 0 bridgehead atoms. The lowest BCUT2D eigenvalue weighted by Crippen LogP contribution is -2.32. The SMILES string of the molecule is CCC(=O)Nc1ccc(NC(C)C(=O)Nc2ccc(Cl)cc2F)cc1. The highest BCUT2D eigenvalue weighted by atomic mass is 35.5. The molecule has 0 aromatic heterocycles. The van der Waals surface area contributed by atoms with E-state index in [1.807, 2.05) is 0 Å². The molecule has 1 atom stereocenters. The molecule has 2 aromatic rings. The van der Waals surface area contributed by atoms with Crippen LogP contribution in [-0.2, 0) is 9.59 Å². The van der Waals surface area contributed by atoms with E-state index in [4.69, 9.17) is 11.6 Å². The fourth-order valence-corrected chi connectivity index (χ4v) is 2.21. The van der Waals surface area contributed by atoms with E-state index < -0.39 is 11.9 Å². The number of hydrogen-bond donors (Lipinski definition) is 3. The fraction of sp³-hybridized carbons (Fsp3) is 0.222. The first-order valence-electron chi connectivity index (χ1n) is 7.81. The van der Waals surface area contributed by atoms with Gasteiger partial charge in [0.05, 0.1) is 5.69 Å². The summed E-state index contributed by atoms with van der Waals surface area (Å²) in [6.45, 7) is 3.44. The van der Waals surface area contributed by atoms with Crippen molar-refractivity contribution < 1.29 is 14.0 Å². The molecule has 2 aromatic carbocycles. The van der Waals surface area contributed by atoms with Crippen molar-refractivity contribution in [3.05, 3.63) is 53.3 Å². The number of rotatable bonds is 6. The Bertz CT molecular complexity index is 765. The second kappa shape index (κ2) is 8.48. The van der Waals surface area contributed by atoms with Gasteiger partial charge >= 0.3 is 0 Å². The minimum atomic E-state index is -0.593. The van der Waals surface area contributed by atoms with Crippen molar-refractivity contribution in [2.75, 3.05) is 16.0 Å². The van der Waals surface area contributed by atoms with Crippen molar-refractivity contribution in [1.29, 1.82) is 0 Å². The molecule has 25 heavy (non-hydrogen) atoms. The number of amides is 2. The molecule has 0 spiro atoms. The van der Waals surface area contributed by atoms with Crippen LogP contribution in [0.2, 0.25) is 5.02 Å². The van der Waals surface area contributed by atoms with Crippen molar-refractivity contribution in [3.63, 3.8) is 0 Å². The number of carbonyl (C=O) groups is 2. The Balaban J connectivity index is 1.95. The quantitative estimate of drug-likeness (QED) is 0.718. The molecule has 0 fully saturated rings. The Labute approximate surface area is 150 Å². The maximum Gasteiger partial charge on any atom is 0.246 e. The van der Waals surface area contributed by atoms with Crippen molar-refractivity contribution in [2.45, 2.75) is 26.3 Å². The topological polar surface area (TPSA) is 70.2 Å². The number of hydrogen-bond acceptors (Lipinski definition) is 3. The van der Waals surface area contributed by atoms with Crippen LogP contribution in [0.5, 0.6) is 0 Å². The number of anilines is 3. The monoisotopic (exact) mass is 363 g/mol. The maximum absolute atomic E-state index is 13.7. The number of halogens is 2. The first kappa shape index (κ1) is 18.7. The Morgan fingerprint density at radius 2 is 1.72 bits per heavy atom. The molecule has 0 radical (unpaired) electrons. The second-order valence-electron chi connectivity index (χ2n) is 5.46. The summed E-state index contributed by atoms with van der Waals surface area (Å²) >= 11 is 5.69. The highest BCUT2D eigenvalue weighted by molar-refractivity contribution is 6.30. The Hall–Kier alpha value is -2.60.